The Kier molecular flexibility index (Phi) is 4.03. The zero-order valence-electron chi connectivity index (χ0n) is 12.5. The molecule has 112 valence electrons. The first-order valence-corrected chi connectivity index (χ1v) is 7.46. The normalized spacial score (nSPS) is 16.4. The van der Waals surface area contributed by atoms with Gasteiger partial charge in [0.05, 0.1) is 12.1 Å². The van der Waals surface area contributed by atoms with Crippen molar-refractivity contribution in [2.24, 2.45) is 0 Å². The average molecular weight is 287 g/mol. The molecule has 1 saturated heterocycles. The Bertz CT molecular complexity index is 561. The molecule has 0 N–H and O–H groups in total. The number of hydrogen-bond donors (Lipinski definition) is 0. The van der Waals surface area contributed by atoms with Gasteiger partial charge in [-0.3, -0.25) is 4.68 Å². The van der Waals surface area contributed by atoms with Crippen LogP contribution in [0.25, 0.3) is 0 Å². The second-order valence-electron chi connectivity index (χ2n) is 5.56. The second-order valence-corrected chi connectivity index (χ2v) is 5.56. The Balaban J connectivity index is 1.69. The van der Waals surface area contributed by atoms with Crippen LogP contribution >= 0.6 is 0 Å². The highest BCUT2D eigenvalue weighted by molar-refractivity contribution is 5.48. The van der Waals surface area contributed by atoms with Gasteiger partial charge in [0.25, 0.3) is 5.88 Å². The Morgan fingerprint density at radius 3 is 2.57 bits per heavy atom. The fraction of sp³-hybridized carbons (Fsp3) is 0.533. The number of rotatable bonds is 4. The molecule has 6 heteroatoms. The smallest absolute Gasteiger partial charge is 0.257 e. The Hall–Kier alpha value is -2.11. The number of ether oxygens (including phenoxy) is 1. The van der Waals surface area contributed by atoms with Crippen LogP contribution in [-0.4, -0.2) is 38.9 Å². The molecule has 0 unspecified atom stereocenters. The van der Waals surface area contributed by atoms with Crippen molar-refractivity contribution in [2.75, 3.05) is 18.0 Å². The minimum absolute atomic E-state index is 0.0991. The maximum absolute atomic E-state index is 5.76. The number of nitrogens with zero attached hydrogens (tertiary/aromatic N) is 5. The van der Waals surface area contributed by atoms with Gasteiger partial charge in [0.1, 0.15) is 0 Å². The van der Waals surface area contributed by atoms with Gasteiger partial charge in [-0.25, -0.2) is 9.97 Å². The minimum atomic E-state index is 0.0991. The lowest BCUT2D eigenvalue weighted by atomic mass is 10.1. The van der Waals surface area contributed by atoms with Gasteiger partial charge in [-0.05, 0) is 32.8 Å². The summed E-state index contributed by atoms with van der Waals surface area (Å²) in [6, 6.07) is 2.45. The SMILES string of the molecule is CC(C)Oc1nccnc1N1CCC(n2cccn2)CC1. The summed E-state index contributed by atoms with van der Waals surface area (Å²) in [5.74, 6) is 1.48. The van der Waals surface area contributed by atoms with Crippen LogP contribution in [0.15, 0.2) is 30.9 Å². The molecule has 2 aromatic heterocycles. The molecular weight excluding hydrogens is 266 g/mol. The molecule has 1 aliphatic rings. The standard InChI is InChI=1S/C15H21N5O/c1-12(2)21-15-14(16-7-8-17-15)19-10-4-13(5-11-19)20-9-3-6-18-20/h3,6-9,12-13H,4-5,10-11H2,1-2H3. The molecule has 6 nitrogen and oxygen atoms in total. The highest BCUT2D eigenvalue weighted by Crippen LogP contribution is 2.29. The molecule has 21 heavy (non-hydrogen) atoms. The lowest BCUT2D eigenvalue weighted by Crippen LogP contribution is -2.35. The first-order valence-electron chi connectivity index (χ1n) is 7.46. The highest BCUT2D eigenvalue weighted by Gasteiger charge is 2.24. The maximum atomic E-state index is 5.76. The van der Waals surface area contributed by atoms with Crippen molar-refractivity contribution in [3.05, 3.63) is 30.9 Å². The summed E-state index contributed by atoms with van der Waals surface area (Å²) < 4.78 is 7.82. The van der Waals surface area contributed by atoms with E-state index in [4.69, 9.17) is 4.74 Å². The predicted molar refractivity (Wildman–Crippen MR) is 80.5 cm³/mol. The summed E-state index contributed by atoms with van der Waals surface area (Å²) in [5, 5.41) is 4.34. The third kappa shape index (κ3) is 3.15. The van der Waals surface area contributed by atoms with Gasteiger partial charge < -0.3 is 9.64 Å². The monoisotopic (exact) mass is 287 g/mol. The summed E-state index contributed by atoms with van der Waals surface area (Å²) in [7, 11) is 0. The van der Waals surface area contributed by atoms with E-state index in [1.807, 2.05) is 32.3 Å². The van der Waals surface area contributed by atoms with Crippen LogP contribution in [0.4, 0.5) is 5.82 Å². The molecule has 0 bridgehead atoms. The molecule has 0 atom stereocenters. The second kappa shape index (κ2) is 6.11. The quantitative estimate of drug-likeness (QED) is 0.863. The molecule has 1 aliphatic heterocycles. The Morgan fingerprint density at radius 2 is 1.90 bits per heavy atom. The summed E-state index contributed by atoms with van der Waals surface area (Å²) in [5.41, 5.74) is 0. The molecule has 1 fully saturated rings. The molecule has 0 radical (unpaired) electrons. The average Bonchev–Trinajstić information content (AvgIpc) is 3.02. The van der Waals surface area contributed by atoms with E-state index in [-0.39, 0.29) is 6.10 Å². The van der Waals surface area contributed by atoms with E-state index in [2.05, 4.69) is 24.6 Å². The minimum Gasteiger partial charge on any atom is -0.472 e. The van der Waals surface area contributed by atoms with Crippen LogP contribution in [-0.2, 0) is 0 Å². The van der Waals surface area contributed by atoms with Crippen molar-refractivity contribution >= 4 is 5.82 Å². The van der Waals surface area contributed by atoms with Gasteiger partial charge in [-0.15, -0.1) is 0 Å². The predicted octanol–water partition coefficient (Wildman–Crippen LogP) is 2.30. The van der Waals surface area contributed by atoms with E-state index < -0.39 is 0 Å². The lowest BCUT2D eigenvalue weighted by molar-refractivity contribution is 0.231. The van der Waals surface area contributed by atoms with Crippen LogP contribution in [0.5, 0.6) is 5.88 Å². The van der Waals surface area contributed by atoms with Crippen LogP contribution in [0.2, 0.25) is 0 Å². The van der Waals surface area contributed by atoms with Crippen molar-refractivity contribution in [3.8, 4) is 5.88 Å². The van der Waals surface area contributed by atoms with E-state index >= 15 is 0 Å². The fourth-order valence-corrected chi connectivity index (χ4v) is 2.68. The Morgan fingerprint density at radius 1 is 1.14 bits per heavy atom. The molecule has 0 aliphatic carbocycles. The molecule has 3 rings (SSSR count). The largest absolute Gasteiger partial charge is 0.472 e. The molecule has 2 aromatic rings. The summed E-state index contributed by atoms with van der Waals surface area (Å²) in [4.78, 5) is 11.0. The molecular formula is C15H21N5O. The topological polar surface area (TPSA) is 56.1 Å². The molecule has 3 heterocycles. The fourth-order valence-electron chi connectivity index (χ4n) is 2.68. The van der Waals surface area contributed by atoms with Gasteiger partial charge >= 0.3 is 0 Å². The van der Waals surface area contributed by atoms with Gasteiger partial charge in [-0.2, -0.15) is 5.10 Å². The van der Waals surface area contributed by atoms with E-state index in [9.17, 15) is 0 Å². The molecule has 0 saturated carbocycles. The lowest BCUT2D eigenvalue weighted by Gasteiger charge is -2.33. The van der Waals surface area contributed by atoms with Gasteiger partial charge in [0, 0.05) is 37.9 Å². The zero-order chi connectivity index (χ0) is 14.7. The maximum Gasteiger partial charge on any atom is 0.257 e. The van der Waals surface area contributed by atoms with Crippen LogP contribution in [0, 0.1) is 0 Å². The summed E-state index contributed by atoms with van der Waals surface area (Å²) in [6.07, 6.45) is 9.49. The van der Waals surface area contributed by atoms with Gasteiger partial charge in [-0.1, -0.05) is 0 Å². The molecule has 0 spiro atoms. The zero-order valence-corrected chi connectivity index (χ0v) is 12.5. The van der Waals surface area contributed by atoms with Crippen LogP contribution in [0.1, 0.15) is 32.7 Å². The third-order valence-corrected chi connectivity index (χ3v) is 3.66. The van der Waals surface area contributed by atoms with Gasteiger partial charge in [0.2, 0.25) is 0 Å². The molecule has 0 amide bonds. The number of anilines is 1. The number of hydrogen-bond acceptors (Lipinski definition) is 5. The first kappa shape index (κ1) is 13.9. The van der Waals surface area contributed by atoms with E-state index in [1.165, 1.54) is 0 Å². The Labute approximate surface area is 124 Å². The van der Waals surface area contributed by atoms with Crippen molar-refractivity contribution in [1.82, 2.24) is 19.7 Å². The van der Waals surface area contributed by atoms with Crippen molar-refractivity contribution in [1.29, 1.82) is 0 Å². The molecule has 0 aromatic carbocycles. The van der Waals surface area contributed by atoms with Crippen molar-refractivity contribution in [2.45, 2.75) is 38.8 Å². The van der Waals surface area contributed by atoms with E-state index in [0.717, 1.165) is 31.7 Å². The number of piperidine rings is 1. The first-order chi connectivity index (χ1) is 10.2. The van der Waals surface area contributed by atoms with E-state index in [1.54, 1.807) is 12.4 Å². The van der Waals surface area contributed by atoms with Crippen LogP contribution in [0.3, 0.4) is 0 Å². The van der Waals surface area contributed by atoms with Crippen molar-refractivity contribution in [3.63, 3.8) is 0 Å². The highest BCUT2D eigenvalue weighted by atomic mass is 16.5. The summed E-state index contributed by atoms with van der Waals surface area (Å²) >= 11 is 0. The number of aromatic nitrogens is 4. The van der Waals surface area contributed by atoms with Gasteiger partial charge in [0.15, 0.2) is 5.82 Å². The third-order valence-electron chi connectivity index (χ3n) is 3.66. The van der Waals surface area contributed by atoms with Crippen molar-refractivity contribution < 1.29 is 4.74 Å². The van der Waals surface area contributed by atoms with Crippen LogP contribution < -0.4 is 9.64 Å². The van der Waals surface area contributed by atoms with E-state index in [0.29, 0.717) is 11.9 Å². The summed E-state index contributed by atoms with van der Waals surface area (Å²) in [6.45, 7) is 5.89.